The lowest BCUT2D eigenvalue weighted by molar-refractivity contribution is -0.117. The Bertz CT molecular complexity index is 1460. The van der Waals surface area contributed by atoms with Gasteiger partial charge in [-0.2, -0.15) is 5.26 Å². The number of nitrogens with one attached hydrogen (secondary N) is 2. The van der Waals surface area contributed by atoms with Crippen molar-refractivity contribution >= 4 is 40.3 Å². The molecule has 7 heteroatoms. The number of hydrogen-bond donors (Lipinski definition) is 2. The fraction of sp³-hybridized carbons (Fsp3) is 0.111. The first kappa shape index (κ1) is 21.2. The summed E-state index contributed by atoms with van der Waals surface area (Å²) in [5.41, 5.74) is 3.11. The molecule has 7 nitrogen and oxygen atoms in total. The number of nitriles is 1. The minimum Gasteiger partial charge on any atom is -0.321 e. The van der Waals surface area contributed by atoms with Gasteiger partial charge in [0.1, 0.15) is 17.5 Å². The quantitative estimate of drug-likeness (QED) is 0.324. The van der Waals surface area contributed by atoms with Crippen LogP contribution >= 0.6 is 0 Å². The molecule has 0 bridgehead atoms. The number of fused-ring (bicyclic) bond motifs is 1. The highest BCUT2D eigenvalue weighted by atomic mass is 16.2. The highest BCUT2D eigenvalue weighted by Gasteiger charge is 2.29. The van der Waals surface area contributed by atoms with Crippen molar-refractivity contribution in [1.82, 2.24) is 9.55 Å². The monoisotopic (exact) mass is 447 g/mol. The highest BCUT2D eigenvalue weighted by molar-refractivity contribution is 6.12. The lowest BCUT2D eigenvalue weighted by Gasteiger charge is -2.10. The number of aromatic nitrogens is 2. The van der Waals surface area contributed by atoms with E-state index in [1.165, 1.54) is 0 Å². The summed E-state index contributed by atoms with van der Waals surface area (Å²) in [5, 5.41) is 16.1. The molecule has 34 heavy (non-hydrogen) atoms. The predicted octanol–water partition coefficient (Wildman–Crippen LogP) is 4.92. The Kier molecular flexibility index (Phi) is 5.63. The first-order chi connectivity index (χ1) is 16.6. The minimum atomic E-state index is -0.472. The molecule has 2 amide bonds. The molecule has 0 atom stereocenters. The van der Waals surface area contributed by atoms with Gasteiger partial charge in [-0.25, -0.2) is 4.98 Å². The third kappa shape index (κ3) is 4.43. The Hall–Kier alpha value is -4.70. The number of pyridine rings is 1. The first-order valence-corrected chi connectivity index (χ1v) is 11.0. The number of anilines is 2. The average molecular weight is 447 g/mol. The van der Waals surface area contributed by atoms with E-state index in [1.807, 2.05) is 77.5 Å². The summed E-state index contributed by atoms with van der Waals surface area (Å²) >= 11 is 0. The second kappa shape index (κ2) is 9.04. The van der Waals surface area contributed by atoms with Crippen LogP contribution in [0.5, 0.6) is 0 Å². The molecule has 5 rings (SSSR count). The maximum atomic E-state index is 12.8. The van der Waals surface area contributed by atoms with Crippen molar-refractivity contribution < 1.29 is 9.59 Å². The summed E-state index contributed by atoms with van der Waals surface area (Å²) in [5.74, 6) is 0.133. The van der Waals surface area contributed by atoms with Crippen LogP contribution in [-0.4, -0.2) is 21.4 Å². The number of rotatable bonds is 6. The molecule has 0 radical (unpaired) electrons. The van der Waals surface area contributed by atoms with Crippen LogP contribution in [-0.2, 0) is 9.59 Å². The zero-order chi connectivity index (χ0) is 23.5. The number of hydrogen-bond acceptors (Lipinski definition) is 4. The molecule has 0 aliphatic heterocycles. The predicted molar refractivity (Wildman–Crippen MR) is 131 cm³/mol. The van der Waals surface area contributed by atoms with Gasteiger partial charge in [-0.3, -0.25) is 9.59 Å². The van der Waals surface area contributed by atoms with Gasteiger partial charge in [-0.15, -0.1) is 0 Å². The molecule has 2 N–H and O–H groups in total. The molecule has 4 aromatic rings. The standard InChI is InChI=1S/C27H21N5O2/c28-17-20(15-18-5-2-1-3-6-18)27(34)30-23-7-4-8-24-22(23)12-14-32(24)21-11-13-29-25(16-21)31-26(33)19-9-10-19/h1-8,11-16,19H,9-10H2,(H,30,34)(H,29,31,33). The zero-order valence-electron chi connectivity index (χ0n) is 18.2. The van der Waals surface area contributed by atoms with Crippen molar-refractivity contribution in [1.29, 1.82) is 5.26 Å². The number of benzene rings is 2. The lowest BCUT2D eigenvalue weighted by Crippen LogP contribution is -2.14. The highest BCUT2D eigenvalue weighted by Crippen LogP contribution is 2.31. The zero-order valence-corrected chi connectivity index (χ0v) is 18.2. The fourth-order valence-corrected chi connectivity index (χ4v) is 3.77. The van der Waals surface area contributed by atoms with Gasteiger partial charge >= 0.3 is 0 Å². The van der Waals surface area contributed by atoms with E-state index in [-0.39, 0.29) is 17.4 Å². The Labute approximate surface area is 196 Å². The number of carbonyl (C=O) groups excluding carboxylic acids is 2. The van der Waals surface area contributed by atoms with Gasteiger partial charge in [0.15, 0.2) is 0 Å². The first-order valence-electron chi connectivity index (χ1n) is 11.0. The third-order valence-corrected chi connectivity index (χ3v) is 5.68. The third-order valence-electron chi connectivity index (χ3n) is 5.68. The molecule has 166 valence electrons. The SMILES string of the molecule is N#CC(=Cc1ccccc1)C(=O)Nc1cccc2c1ccn2-c1ccnc(NC(=O)C2CC2)c1. The molecule has 2 heterocycles. The van der Waals surface area contributed by atoms with Gasteiger partial charge < -0.3 is 15.2 Å². The van der Waals surface area contributed by atoms with Crippen molar-refractivity contribution in [2.75, 3.05) is 10.6 Å². The lowest BCUT2D eigenvalue weighted by atomic mass is 10.1. The van der Waals surface area contributed by atoms with Crippen molar-refractivity contribution in [3.63, 3.8) is 0 Å². The van der Waals surface area contributed by atoms with E-state index in [0.29, 0.717) is 11.5 Å². The van der Waals surface area contributed by atoms with E-state index < -0.39 is 5.91 Å². The van der Waals surface area contributed by atoms with Gasteiger partial charge in [0.2, 0.25) is 5.91 Å². The fourth-order valence-electron chi connectivity index (χ4n) is 3.77. The summed E-state index contributed by atoms with van der Waals surface area (Å²) in [4.78, 5) is 29.2. The Morgan fingerprint density at radius 1 is 1.03 bits per heavy atom. The maximum Gasteiger partial charge on any atom is 0.266 e. The normalized spacial score (nSPS) is 13.3. The summed E-state index contributed by atoms with van der Waals surface area (Å²) in [6, 6.07) is 22.4. The van der Waals surface area contributed by atoms with Crippen LogP contribution in [0, 0.1) is 17.2 Å². The Balaban J connectivity index is 1.42. The van der Waals surface area contributed by atoms with Gasteiger partial charge in [0.25, 0.3) is 5.91 Å². The number of amides is 2. The van der Waals surface area contributed by atoms with Crippen LogP contribution in [0.3, 0.4) is 0 Å². The second-order valence-electron chi connectivity index (χ2n) is 8.12. The van der Waals surface area contributed by atoms with Gasteiger partial charge in [-0.05, 0) is 48.7 Å². The topological polar surface area (TPSA) is 99.8 Å². The van der Waals surface area contributed by atoms with Gasteiger partial charge in [-0.1, -0.05) is 36.4 Å². The molecule has 1 aliphatic carbocycles. The van der Waals surface area contributed by atoms with E-state index in [4.69, 9.17) is 0 Å². The Morgan fingerprint density at radius 2 is 1.85 bits per heavy atom. The summed E-state index contributed by atoms with van der Waals surface area (Å²) < 4.78 is 1.96. The second-order valence-corrected chi connectivity index (χ2v) is 8.12. The van der Waals surface area contributed by atoms with Crippen molar-refractivity contribution in [3.05, 3.63) is 90.3 Å². The minimum absolute atomic E-state index is 0.00358. The van der Waals surface area contributed by atoms with E-state index in [2.05, 4.69) is 15.6 Å². The molecule has 2 aromatic carbocycles. The summed E-state index contributed by atoms with van der Waals surface area (Å²) in [7, 11) is 0. The summed E-state index contributed by atoms with van der Waals surface area (Å²) in [6.07, 6.45) is 6.97. The van der Waals surface area contributed by atoms with Crippen LogP contribution in [0.1, 0.15) is 18.4 Å². The van der Waals surface area contributed by atoms with E-state index >= 15 is 0 Å². The molecule has 1 aliphatic rings. The van der Waals surface area contributed by atoms with Gasteiger partial charge in [0.05, 0.1) is 16.9 Å². The van der Waals surface area contributed by atoms with Crippen LogP contribution in [0.15, 0.2) is 84.7 Å². The van der Waals surface area contributed by atoms with Crippen LogP contribution in [0.25, 0.3) is 22.7 Å². The van der Waals surface area contributed by atoms with E-state index in [0.717, 1.165) is 35.0 Å². The molecule has 0 spiro atoms. The molecule has 1 saturated carbocycles. The van der Waals surface area contributed by atoms with E-state index in [9.17, 15) is 14.9 Å². The molecular weight excluding hydrogens is 426 g/mol. The van der Waals surface area contributed by atoms with Crippen molar-refractivity contribution in [2.24, 2.45) is 5.92 Å². The van der Waals surface area contributed by atoms with Crippen LogP contribution in [0.2, 0.25) is 0 Å². The number of nitrogens with zero attached hydrogens (tertiary/aromatic N) is 3. The van der Waals surface area contributed by atoms with Crippen LogP contribution < -0.4 is 10.6 Å². The number of carbonyl (C=O) groups is 2. The molecule has 0 saturated heterocycles. The average Bonchev–Trinajstić information content (AvgIpc) is 3.62. The molecule has 2 aromatic heterocycles. The largest absolute Gasteiger partial charge is 0.321 e. The van der Waals surface area contributed by atoms with Crippen molar-refractivity contribution in [2.45, 2.75) is 12.8 Å². The maximum absolute atomic E-state index is 12.8. The van der Waals surface area contributed by atoms with Crippen molar-refractivity contribution in [3.8, 4) is 11.8 Å². The Morgan fingerprint density at radius 3 is 2.62 bits per heavy atom. The molecule has 0 unspecified atom stereocenters. The van der Waals surface area contributed by atoms with E-state index in [1.54, 1.807) is 18.3 Å². The van der Waals surface area contributed by atoms with Crippen LogP contribution in [0.4, 0.5) is 11.5 Å². The molecule has 1 fully saturated rings. The smallest absolute Gasteiger partial charge is 0.266 e. The summed E-state index contributed by atoms with van der Waals surface area (Å²) in [6.45, 7) is 0. The molecular formula is C27H21N5O2. The van der Waals surface area contributed by atoms with Gasteiger partial charge in [0, 0.05) is 29.8 Å².